The van der Waals surface area contributed by atoms with Crippen LogP contribution < -0.4 is 5.32 Å². The number of hydrogen-bond donors (Lipinski definition) is 1. The van der Waals surface area contributed by atoms with Crippen LogP contribution in [0.3, 0.4) is 0 Å². The molecule has 0 saturated carbocycles. The fourth-order valence-electron chi connectivity index (χ4n) is 2.46. The Labute approximate surface area is 111 Å². The summed E-state index contributed by atoms with van der Waals surface area (Å²) in [6.07, 6.45) is 0.869. The molecule has 0 unspecified atom stereocenters. The Balaban J connectivity index is 2.07. The summed E-state index contributed by atoms with van der Waals surface area (Å²) >= 11 is 0. The van der Waals surface area contributed by atoms with Gasteiger partial charge in [-0.1, -0.05) is 0 Å². The molecule has 0 spiro atoms. The molecule has 106 valence electrons. The van der Waals surface area contributed by atoms with Gasteiger partial charge in [-0.2, -0.15) is 0 Å². The van der Waals surface area contributed by atoms with Crippen LogP contribution in [0.5, 0.6) is 0 Å². The maximum absolute atomic E-state index is 12.4. The highest BCUT2D eigenvalue weighted by Crippen LogP contribution is 2.15. The zero-order valence-electron chi connectivity index (χ0n) is 11.0. The molecule has 0 aliphatic carbocycles. The van der Waals surface area contributed by atoms with E-state index in [1.54, 1.807) is 24.1 Å². The third kappa shape index (κ3) is 3.32. The Morgan fingerprint density at radius 2 is 2.21 bits per heavy atom. The van der Waals surface area contributed by atoms with Gasteiger partial charge in [-0.3, -0.25) is 4.79 Å². The van der Waals surface area contributed by atoms with Gasteiger partial charge in [-0.25, -0.2) is 8.78 Å². The molecular weight excluding hydrogens is 252 g/mol. The van der Waals surface area contributed by atoms with Crippen LogP contribution in [0.25, 0.3) is 0 Å². The van der Waals surface area contributed by atoms with E-state index in [4.69, 9.17) is 0 Å². The molecule has 1 aliphatic rings. The SMILES string of the molecule is CN(C(=O)c1cccn1CC(F)F)C1CCNCC1. The Morgan fingerprint density at radius 3 is 2.84 bits per heavy atom. The summed E-state index contributed by atoms with van der Waals surface area (Å²) in [6, 6.07) is 3.41. The summed E-state index contributed by atoms with van der Waals surface area (Å²) in [4.78, 5) is 14.0. The topological polar surface area (TPSA) is 37.3 Å². The number of nitrogens with one attached hydrogen (secondary N) is 1. The molecule has 0 radical (unpaired) electrons. The van der Waals surface area contributed by atoms with Gasteiger partial charge in [0.05, 0.1) is 6.54 Å². The van der Waals surface area contributed by atoms with Gasteiger partial charge in [0.1, 0.15) is 5.69 Å². The van der Waals surface area contributed by atoms with Crippen LogP contribution in [-0.4, -0.2) is 48.0 Å². The van der Waals surface area contributed by atoms with Crippen molar-refractivity contribution in [2.75, 3.05) is 20.1 Å². The molecule has 19 heavy (non-hydrogen) atoms. The number of rotatable bonds is 4. The average Bonchev–Trinajstić information content (AvgIpc) is 2.85. The lowest BCUT2D eigenvalue weighted by Crippen LogP contribution is -2.44. The first-order valence-corrected chi connectivity index (χ1v) is 6.50. The second-order valence-corrected chi connectivity index (χ2v) is 4.83. The lowest BCUT2D eigenvalue weighted by Gasteiger charge is -2.31. The number of amides is 1. The van der Waals surface area contributed by atoms with E-state index in [1.165, 1.54) is 10.8 Å². The third-order valence-electron chi connectivity index (χ3n) is 3.56. The zero-order chi connectivity index (χ0) is 13.8. The normalized spacial score (nSPS) is 16.8. The van der Waals surface area contributed by atoms with Crippen molar-refractivity contribution in [1.82, 2.24) is 14.8 Å². The van der Waals surface area contributed by atoms with Crippen molar-refractivity contribution in [3.63, 3.8) is 0 Å². The molecule has 0 aromatic carbocycles. The molecule has 1 aliphatic heterocycles. The quantitative estimate of drug-likeness (QED) is 0.902. The molecule has 1 amide bonds. The van der Waals surface area contributed by atoms with E-state index in [9.17, 15) is 13.6 Å². The number of carbonyl (C=O) groups excluding carboxylic acids is 1. The number of nitrogens with zero attached hydrogens (tertiary/aromatic N) is 2. The Morgan fingerprint density at radius 1 is 1.53 bits per heavy atom. The summed E-state index contributed by atoms with van der Waals surface area (Å²) in [5.74, 6) is -0.183. The molecule has 1 aromatic rings. The molecule has 1 N–H and O–H groups in total. The van der Waals surface area contributed by atoms with Crippen molar-refractivity contribution in [1.29, 1.82) is 0 Å². The van der Waals surface area contributed by atoms with Crippen LogP contribution in [0, 0.1) is 0 Å². The first-order valence-electron chi connectivity index (χ1n) is 6.50. The van der Waals surface area contributed by atoms with E-state index in [-0.39, 0.29) is 11.9 Å². The second kappa shape index (κ2) is 6.14. The molecule has 0 bridgehead atoms. The second-order valence-electron chi connectivity index (χ2n) is 4.83. The number of piperidine rings is 1. The number of alkyl halides is 2. The van der Waals surface area contributed by atoms with E-state index < -0.39 is 13.0 Å². The lowest BCUT2D eigenvalue weighted by molar-refractivity contribution is 0.0683. The molecule has 2 heterocycles. The van der Waals surface area contributed by atoms with E-state index in [0.717, 1.165) is 25.9 Å². The number of aromatic nitrogens is 1. The van der Waals surface area contributed by atoms with Crippen molar-refractivity contribution in [3.05, 3.63) is 24.0 Å². The van der Waals surface area contributed by atoms with E-state index in [2.05, 4.69) is 5.32 Å². The van der Waals surface area contributed by atoms with Crippen LogP contribution in [-0.2, 0) is 6.54 Å². The first kappa shape index (κ1) is 14.0. The van der Waals surface area contributed by atoms with Gasteiger partial charge in [0.2, 0.25) is 0 Å². The van der Waals surface area contributed by atoms with E-state index in [0.29, 0.717) is 5.69 Å². The molecule has 1 aromatic heterocycles. The Bertz CT molecular complexity index is 427. The van der Waals surface area contributed by atoms with Gasteiger partial charge < -0.3 is 14.8 Å². The van der Waals surface area contributed by atoms with Crippen molar-refractivity contribution in [2.24, 2.45) is 0 Å². The predicted octanol–water partition coefficient (Wildman–Crippen LogP) is 1.58. The van der Waals surface area contributed by atoms with E-state index in [1.807, 2.05) is 0 Å². The van der Waals surface area contributed by atoms with Crippen molar-refractivity contribution < 1.29 is 13.6 Å². The summed E-state index contributed by atoms with van der Waals surface area (Å²) in [7, 11) is 1.75. The first-order chi connectivity index (χ1) is 9.09. The smallest absolute Gasteiger partial charge is 0.270 e. The minimum absolute atomic E-state index is 0.183. The van der Waals surface area contributed by atoms with Crippen molar-refractivity contribution in [2.45, 2.75) is 31.9 Å². The average molecular weight is 271 g/mol. The van der Waals surface area contributed by atoms with Crippen molar-refractivity contribution in [3.8, 4) is 0 Å². The molecule has 2 rings (SSSR count). The van der Waals surface area contributed by atoms with Crippen LogP contribution in [0.2, 0.25) is 0 Å². The number of halogens is 2. The van der Waals surface area contributed by atoms with Crippen LogP contribution in [0.15, 0.2) is 18.3 Å². The molecule has 0 atom stereocenters. The maximum atomic E-state index is 12.4. The summed E-state index contributed by atoms with van der Waals surface area (Å²) in [5, 5.41) is 3.24. The lowest BCUT2D eigenvalue weighted by atomic mass is 10.1. The van der Waals surface area contributed by atoms with Crippen LogP contribution in [0.4, 0.5) is 8.78 Å². The molecule has 6 heteroatoms. The molecule has 1 saturated heterocycles. The van der Waals surface area contributed by atoms with E-state index >= 15 is 0 Å². The fourth-order valence-corrected chi connectivity index (χ4v) is 2.46. The minimum Gasteiger partial charge on any atom is -0.338 e. The Hall–Kier alpha value is -1.43. The largest absolute Gasteiger partial charge is 0.338 e. The number of hydrogen-bond acceptors (Lipinski definition) is 2. The summed E-state index contributed by atoms with van der Waals surface area (Å²) in [6.45, 7) is 1.34. The van der Waals surface area contributed by atoms with Gasteiger partial charge in [0, 0.05) is 19.3 Å². The molecular formula is C13H19F2N3O. The highest BCUT2D eigenvalue weighted by atomic mass is 19.3. The minimum atomic E-state index is -2.46. The zero-order valence-corrected chi connectivity index (χ0v) is 11.0. The third-order valence-corrected chi connectivity index (χ3v) is 3.56. The van der Waals surface area contributed by atoms with Gasteiger partial charge in [0.15, 0.2) is 0 Å². The van der Waals surface area contributed by atoms with Gasteiger partial charge >= 0.3 is 0 Å². The fraction of sp³-hybridized carbons (Fsp3) is 0.615. The van der Waals surface area contributed by atoms with Crippen LogP contribution >= 0.6 is 0 Å². The molecule has 1 fully saturated rings. The summed E-state index contributed by atoms with van der Waals surface area (Å²) in [5.41, 5.74) is 0.335. The highest BCUT2D eigenvalue weighted by molar-refractivity contribution is 5.92. The summed E-state index contributed by atoms with van der Waals surface area (Å²) < 4.78 is 26.2. The van der Waals surface area contributed by atoms with Gasteiger partial charge in [-0.15, -0.1) is 0 Å². The van der Waals surface area contributed by atoms with Gasteiger partial charge in [-0.05, 0) is 38.1 Å². The standard InChI is InChI=1S/C13H19F2N3O/c1-17(10-4-6-16-7-5-10)13(19)11-3-2-8-18(11)9-12(14)15/h2-3,8,10,12,16H,4-7,9H2,1H3. The maximum Gasteiger partial charge on any atom is 0.270 e. The molecule has 4 nitrogen and oxygen atoms in total. The van der Waals surface area contributed by atoms with Gasteiger partial charge in [0.25, 0.3) is 12.3 Å². The Kier molecular flexibility index (Phi) is 4.52. The van der Waals surface area contributed by atoms with Crippen LogP contribution in [0.1, 0.15) is 23.3 Å². The monoisotopic (exact) mass is 271 g/mol. The number of carbonyl (C=O) groups is 1. The van der Waals surface area contributed by atoms with Crippen molar-refractivity contribution >= 4 is 5.91 Å². The highest BCUT2D eigenvalue weighted by Gasteiger charge is 2.24. The predicted molar refractivity (Wildman–Crippen MR) is 68.4 cm³/mol.